The number of ether oxygens (including phenoxy) is 2. The average molecular weight is 342 g/mol. The number of para-hydroxylation sites is 1. The van der Waals surface area contributed by atoms with Crippen molar-refractivity contribution in [3.63, 3.8) is 0 Å². The van der Waals surface area contributed by atoms with E-state index in [0.717, 1.165) is 6.42 Å². The number of pyridine rings is 1. The van der Waals surface area contributed by atoms with E-state index in [-0.39, 0.29) is 11.8 Å². The Morgan fingerprint density at radius 2 is 1.88 bits per heavy atom. The van der Waals surface area contributed by atoms with Gasteiger partial charge in [-0.3, -0.25) is 4.79 Å². The van der Waals surface area contributed by atoms with E-state index < -0.39 is 12.0 Å². The molecule has 132 valence electrons. The van der Waals surface area contributed by atoms with Crippen LogP contribution in [0, 0.1) is 5.92 Å². The Morgan fingerprint density at radius 1 is 1.16 bits per heavy atom. The smallest absolute Gasteiger partial charge is 0.328 e. The van der Waals surface area contributed by atoms with Gasteiger partial charge in [-0.25, -0.2) is 9.78 Å². The number of rotatable bonds is 7. The van der Waals surface area contributed by atoms with Crippen LogP contribution in [0.15, 0.2) is 48.7 Å². The highest BCUT2D eigenvalue weighted by molar-refractivity contribution is 5.96. The number of esters is 1. The molecule has 2 unspecified atom stereocenters. The quantitative estimate of drug-likeness (QED) is 0.782. The third-order valence-electron chi connectivity index (χ3n) is 3.92. The second-order valence-corrected chi connectivity index (χ2v) is 5.66. The van der Waals surface area contributed by atoms with Crippen molar-refractivity contribution in [2.24, 2.45) is 5.92 Å². The molecule has 6 nitrogen and oxygen atoms in total. The number of carbonyl (C=O) groups excluding carboxylic acids is 2. The van der Waals surface area contributed by atoms with Gasteiger partial charge < -0.3 is 14.8 Å². The molecule has 0 aliphatic carbocycles. The molecule has 0 bridgehead atoms. The fourth-order valence-corrected chi connectivity index (χ4v) is 2.20. The van der Waals surface area contributed by atoms with E-state index >= 15 is 0 Å². The summed E-state index contributed by atoms with van der Waals surface area (Å²) in [5.41, 5.74) is 0.345. The summed E-state index contributed by atoms with van der Waals surface area (Å²) in [6.07, 6.45) is 2.15. The summed E-state index contributed by atoms with van der Waals surface area (Å²) in [6, 6.07) is 11.8. The third-order valence-corrected chi connectivity index (χ3v) is 3.92. The molecule has 1 aromatic heterocycles. The van der Waals surface area contributed by atoms with E-state index in [2.05, 4.69) is 10.3 Å². The molecule has 1 amide bonds. The second kappa shape index (κ2) is 8.82. The van der Waals surface area contributed by atoms with Crippen molar-refractivity contribution in [3.8, 4) is 11.6 Å². The van der Waals surface area contributed by atoms with E-state index in [0.29, 0.717) is 17.2 Å². The molecule has 0 spiro atoms. The van der Waals surface area contributed by atoms with Gasteiger partial charge in [0.1, 0.15) is 11.8 Å². The van der Waals surface area contributed by atoms with Crippen molar-refractivity contribution in [1.29, 1.82) is 0 Å². The number of benzene rings is 1. The standard InChI is InChI=1S/C19H22N2O4/c1-4-13(2)17(19(23)24-3)21-18(22)14-10-11-16(20-12-14)25-15-8-6-5-7-9-15/h5-13,17H,4H2,1-3H3,(H,21,22). The van der Waals surface area contributed by atoms with Crippen LogP contribution in [-0.2, 0) is 9.53 Å². The predicted octanol–water partition coefficient (Wildman–Crippen LogP) is 3.19. The van der Waals surface area contributed by atoms with E-state index in [4.69, 9.17) is 9.47 Å². The fourth-order valence-electron chi connectivity index (χ4n) is 2.20. The highest BCUT2D eigenvalue weighted by Gasteiger charge is 2.27. The monoisotopic (exact) mass is 342 g/mol. The van der Waals surface area contributed by atoms with Gasteiger partial charge in [0.05, 0.1) is 12.7 Å². The number of carbonyl (C=O) groups is 2. The Bertz CT molecular complexity index is 701. The zero-order valence-corrected chi connectivity index (χ0v) is 14.6. The van der Waals surface area contributed by atoms with Crippen molar-refractivity contribution >= 4 is 11.9 Å². The van der Waals surface area contributed by atoms with Crippen LogP contribution in [0.25, 0.3) is 0 Å². The number of amides is 1. The van der Waals surface area contributed by atoms with E-state index in [1.54, 1.807) is 12.1 Å². The Morgan fingerprint density at radius 3 is 2.44 bits per heavy atom. The van der Waals surface area contributed by atoms with Crippen LogP contribution in [0.1, 0.15) is 30.6 Å². The van der Waals surface area contributed by atoms with Gasteiger partial charge in [-0.2, -0.15) is 0 Å². The number of nitrogens with zero attached hydrogens (tertiary/aromatic N) is 1. The van der Waals surface area contributed by atoms with Crippen molar-refractivity contribution in [2.75, 3.05) is 7.11 Å². The molecule has 2 aromatic rings. The molecule has 0 saturated carbocycles. The minimum Gasteiger partial charge on any atom is -0.467 e. The molecule has 1 heterocycles. The maximum absolute atomic E-state index is 12.4. The number of methoxy groups -OCH3 is 1. The van der Waals surface area contributed by atoms with Crippen LogP contribution in [0.2, 0.25) is 0 Å². The minimum atomic E-state index is -0.692. The Labute approximate surface area is 147 Å². The molecule has 0 radical (unpaired) electrons. The first kappa shape index (κ1) is 18.4. The number of aromatic nitrogens is 1. The SMILES string of the molecule is CCC(C)C(NC(=O)c1ccc(Oc2ccccc2)nc1)C(=O)OC. The number of hydrogen-bond donors (Lipinski definition) is 1. The first-order chi connectivity index (χ1) is 12.0. The maximum atomic E-state index is 12.4. The summed E-state index contributed by atoms with van der Waals surface area (Å²) in [4.78, 5) is 28.4. The Balaban J connectivity index is 2.05. The summed E-state index contributed by atoms with van der Waals surface area (Å²) in [5.74, 6) is 0.170. The minimum absolute atomic E-state index is 0.0370. The van der Waals surface area contributed by atoms with Gasteiger partial charge >= 0.3 is 5.97 Å². The Hall–Kier alpha value is -2.89. The molecular weight excluding hydrogens is 320 g/mol. The lowest BCUT2D eigenvalue weighted by Crippen LogP contribution is -2.45. The molecule has 0 aliphatic heterocycles. The summed E-state index contributed by atoms with van der Waals surface area (Å²) >= 11 is 0. The van der Waals surface area contributed by atoms with Gasteiger partial charge in [0.15, 0.2) is 0 Å². The van der Waals surface area contributed by atoms with Crippen LogP contribution in [-0.4, -0.2) is 30.0 Å². The van der Waals surface area contributed by atoms with Crippen LogP contribution in [0.4, 0.5) is 0 Å². The predicted molar refractivity (Wildman–Crippen MR) is 93.5 cm³/mol. The first-order valence-corrected chi connectivity index (χ1v) is 8.12. The highest BCUT2D eigenvalue weighted by Crippen LogP contribution is 2.18. The zero-order chi connectivity index (χ0) is 18.2. The van der Waals surface area contributed by atoms with Gasteiger partial charge in [-0.15, -0.1) is 0 Å². The summed E-state index contributed by atoms with van der Waals surface area (Å²) in [5, 5.41) is 2.71. The zero-order valence-electron chi connectivity index (χ0n) is 14.6. The molecule has 1 N–H and O–H groups in total. The van der Waals surface area contributed by atoms with Crippen molar-refractivity contribution in [2.45, 2.75) is 26.3 Å². The lowest BCUT2D eigenvalue weighted by molar-refractivity contribution is -0.144. The largest absolute Gasteiger partial charge is 0.467 e. The van der Waals surface area contributed by atoms with Crippen LogP contribution in [0.3, 0.4) is 0 Å². The molecule has 0 aliphatic rings. The molecule has 2 atom stereocenters. The van der Waals surface area contributed by atoms with Gasteiger partial charge in [-0.05, 0) is 24.1 Å². The fraction of sp³-hybridized carbons (Fsp3) is 0.316. The highest BCUT2D eigenvalue weighted by atomic mass is 16.5. The van der Waals surface area contributed by atoms with E-state index in [1.165, 1.54) is 13.3 Å². The van der Waals surface area contributed by atoms with E-state index in [9.17, 15) is 9.59 Å². The molecule has 25 heavy (non-hydrogen) atoms. The van der Waals surface area contributed by atoms with Crippen molar-refractivity contribution in [3.05, 3.63) is 54.2 Å². The van der Waals surface area contributed by atoms with Gasteiger partial charge in [0, 0.05) is 12.3 Å². The van der Waals surface area contributed by atoms with Gasteiger partial charge in [0.25, 0.3) is 5.91 Å². The van der Waals surface area contributed by atoms with Crippen LogP contribution < -0.4 is 10.1 Å². The third kappa shape index (κ3) is 5.04. The Kier molecular flexibility index (Phi) is 6.51. The molecule has 6 heteroatoms. The number of hydrogen-bond acceptors (Lipinski definition) is 5. The van der Waals surface area contributed by atoms with Crippen LogP contribution in [0.5, 0.6) is 11.6 Å². The van der Waals surface area contributed by atoms with Gasteiger partial charge in [0.2, 0.25) is 5.88 Å². The maximum Gasteiger partial charge on any atom is 0.328 e. The molecule has 1 aromatic carbocycles. The summed E-state index contributed by atoms with van der Waals surface area (Å²) in [7, 11) is 1.31. The normalized spacial score (nSPS) is 12.8. The molecule has 0 saturated heterocycles. The summed E-state index contributed by atoms with van der Waals surface area (Å²) < 4.78 is 10.4. The lowest BCUT2D eigenvalue weighted by atomic mass is 9.99. The van der Waals surface area contributed by atoms with Crippen LogP contribution >= 0.6 is 0 Å². The molecular formula is C19H22N2O4. The molecule has 2 rings (SSSR count). The topological polar surface area (TPSA) is 77.5 Å². The first-order valence-electron chi connectivity index (χ1n) is 8.12. The average Bonchev–Trinajstić information content (AvgIpc) is 2.66. The lowest BCUT2D eigenvalue weighted by Gasteiger charge is -2.21. The van der Waals surface area contributed by atoms with Crippen molar-refractivity contribution < 1.29 is 19.1 Å². The second-order valence-electron chi connectivity index (χ2n) is 5.66. The van der Waals surface area contributed by atoms with Gasteiger partial charge in [-0.1, -0.05) is 38.5 Å². The van der Waals surface area contributed by atoms with E-state index in [1.807, 2.05) is 44.2 Å². The summed E-state index contributed by atoms with van der Waals surface area (Å²) in [6.45, 7) is 3.83. The van der Waals surface area contributed by atoms with Crippen molar-refractivity contribution in [1.82, 2.24) is 10.3 Å². The number of nitrogens with one attached hydrogen (secondary N) is 1. The molecule has 0 fully saturated rings.